The van der Waals surface area contributed by atoms with Gasteiger partial charge in [-0.3, -0.25) is 9.59 Å². The number of aromatic nitrogens is 4. The predicted octanol–water partition coefficient (Wildman–Crippen LogP) is 1.38. The van der Waals surface area contributed by atoms with Crippen molar-refractivity contribution in [3.63, 3.8) is 0 Å². The SMILES string of the molecule is COc1ccc(-c2nc3c([nH]2)CN(C(=O)c2cc(=O)c(OC)c[nH]2)CC3)cn1. The van der Waals surface area contributed by atoms with E-state index in [0.29, 0.717) is 31.2 Å². The van der Waals surface area contributed by atoms with E-state index in [-0.39, 0.29) is 22.8 Å². The fraction of sp³-hybridized carbons (Fsp3) is 0.263. The minimum absolute atomic E-state index is 0.170. The summed E-state index contributed by atoms with van der Waals surface area (Å²) in [5, 5.41) is 0. The maximum atomic E-state index is 12.8. The van der Waals surface area contributed by atoms with E-state index in [2.05, 4.69) is 19.9 Å². The fourth-order valence-corrected chi connectivity index (χ4v) is 3.16. The number of nitrogens with zero attached hydrogens (tertiary/aromatic N) is 3. The molecule has 9 nitrogen and oxygen atoms in total. The van der Waals surface area contributed by atoms with Crippen molar-refractivity contribution in [3.05, 3.63) is 57.9 Å². The second kappa shape index (κ2) is 7.18. The minimum Gasteiger partial charge on any atom is -0.491 e. The molecule has 4 rings (SSSR count). The Morgan fingerprint density at radius 2 is 2.11 bits per heavy atom. The summed E-state index contributed by atoms with van der Waals surface area (Å²) in [6.45, 7) is 0.907. The van der Waals surface area contributed by atoms with Gasteiger partial charge in [0.1, 0.15) is 11.5 Å². The zero-order valence-corrected chi connectivity index (χ0v) is 15.5. The maximum Gasteiger partial charge on any atom is 0.270 e. The first-order chi connectivity index (χ1) is 13.6. The molecule has 144 valence electrons. The normalized spacial score (nSPS) is 13.1. The Bertz CT molecular complexity index is 1070. The summed E-state index contributed by atoms with van der Waals surface area (Å²) in [7, 11) is 2.97. The topological polar surface area (TPSA) is 113 Å². The number of H-pyrrole nitrogens is 2. The number of amides is 1. The first kappa shape index (κ1) is 17.8. The highest BCUT2D eigenvalue weighted by atomic mass is 16.5. The number of hydrogen-bond donors (Lipinski definition) is 2. The van der Waals surface area contributed by atoms with Gasteiger partial charge in [-0.15, -0.1) is 0 Å². The number of ether oxygens (including phenoxy) is 2. The van der Waals surface area contributed by atoms with Gasteiger partial charge in [-0.05, 0) is 6.07 Å². The van der Waals surface area contributed by atoms with Gasteiger partial charge in [0.05, 0.1) is 32.2 Å². The Balaban J connectivity index is 1.54. The standard InChI is InChI=1S/C19H19N5O4/c1-27-16-9-20-13(7-15(16)25)19(26)24-6-5-12-14(10-24)23-18(22-12)11-3-4-17(28-2)21-8-11/h3-4,7-9H,5-6,10H2,1-2H3,(H,20,25)(H,22,23). The molecule has 0 aromatic carbocycles. The number of rotatable bonds is 4. The van der Waals surface area contributed by atoms with E-state index < -0.39 is 0 Å². The first-order valence-corrected chi connectivity index (χ1v) is 8.73. The van der Waals surface area contributed by atoms with Gasteiger partial charge in [0, 0.05) is 43.1 Å². The van der Waals surface area contributed by atoms with Crippen molar-refractivity contribution in [1.82, 2.24) is 24.8 Å². The molecule has 28 heavy (non-hydrogen) atoms. The fourth-order valence-electron chi connectivity index (χ4n) is 3.16. The smallest absolute Gasteiger partial charge is 0.270 e. The summed E-state index contributed by atoms with van der Waals surface area (Å²) < 4.78 is 10.0. The van der Waals surface area contributed by atoms with Gasteiger partial charge in [-0.25, -0.2) is 9.97 Å². The Labute approximate surface area is 160 Å². The number of aromatic amines is 2. The van der Waals surface area contributed by atoms with Gasteiger partial charge < -0.3 is 24.3 Å². The lowest BCUT2D eigenvalue weighted by Gasteiger charge is -2.26. The van der Waals surface area contributed by atoms with Crippen LogP contribution in [0.1, 0.15) is 21.9 Å². The number of carbonyl (C=O) groups excluding carboxylic acids is 1. The van der Waals surface area contributed by atoms with Crippen LogP contribution in [0.3, 0.4) is 0 Å². The maximum absolute atomic E-state index is 12.8. The molecule has 0 unspecified atom stereocenters. The van der Waals surface area contributed by atoms with Crippen LogP contribution in [0.5, 0.6) is 11.6 Å². The van der Waals surface area contributed by atoms with Gasteiger partial charge in [0.25, 0.3) is 5.91 Å². The number of pyridine rings is 2. The third kappa shape index (κ3) is 3.22. The second-order valence-electron chi connectivity index (χ2n) is 6.36. The molecule has 0 radical (unpaired) electrons. The number of methoxy groups -OCH3 is 2. The van der Waals surface area contributed by atoms with Crippen molar-refractivity contribution in [2.24, 2.45) is 0 Å². The van der Waals surface area contributed by atoms with Gasteiger partial charge in [-0.2, -0.15) is 0 Å². The molecule has 0 aliphatic carbocycles. The molecule has 0 saturated heterocycles. The monoisotopic (exact) mass is 381 g/mol. The van der Waals surface area contributed by atoms with Crippen molar-refractivity contribution < 1.29 is 14.3 Å². The molecule has 0 bridgehead atoms. The molecule has 1 amide bonds. The lowest BCUT2D eigenvalue weighted by atomic mass is 10.1. The van der Waals surface area contributed by atoms with Crippen LogP contribution in [0.2, 0.25) is 0 Å². The summed E-state index contributed by atoms with van der Waals surface area (Å²) in [6.07, 6.45) is 3.71. The summed E-state index contributed by atoms with van der Waals surface area (Å²) in [6, 6.07) is 4.91. The summed E-state index contributed by atoms with van der Waals surface area (Å²) in [5.74, 6) is 1.16. The molecule has 0 fully saturated rings. The average molecular weight is 381 g/mol. The molecule has 0 atom stereocenters. The molecule has 4 heterocycles. The quantitative estimate of drug-likeness (QED) is 0.706. The van der Waals surface area contributed by atoms with Crippen LogP contribution in [0.15, 0.2) is 35.4 Å². The first-order valence-electron chi connectivity index (χ1n) is 8.73. The predicted molar refractivity (Wildman–Crippen MR) is 100 cm³/mol. The second-order valence-corrected chi connectivity index (χ2v) is 6.36. The molecule has 3 aromatic rings. The van der Waals surface area contributed by atoms with Crippen molar-refractivity contribution >= 4 is 5.91 Å². The highest BCUT2D eigenvalue weighted by molar-refractivity contribution is 5.92. The van der Waals surface area contributed by atoms with Crippen LogP contribution < -0.4 is 14.9 Å². The van der Waals surface area contributed by atoms with Crippen LogP contribution in [0.25, 0.3) is 11.4 Å². The molecule has 1 aliphatic rings. The lowest BCUT2D eigenvalue weighted by Crippen LogP contribution is -2.36. The van der Waals surface area contributed by atoms with E-state index in [1.807, 2.05) is 6.07 Å². The highest BCUT2D eigenvalue weighted by Crippen LogP contribution is 2.24. The van der Waals surface area contributed by atoms with Crippen LogP contribution in [0, 0.1) is 0 Å². The summed E-state index contributed by atoms with van der Waals surface area (Å²) in [4.78, 5) is 41.3. The van der Waals surface area contributed by atoms with E-state index in [0.717, 1.165) is 17.0 Å². The molecular formula is C19H19N5O4. The highest BCUT2D eigenvalue weighted by Gasteiger charge is 2.25. The molecule has 3 aromatic heterocycles. The van der Waals surface area contributed by atoms with E-state index >= 15 is 0 Å². The average Bonchev–Trinajstić information content (AvgIpc) is 3.16. The molecule has 0 spiro atoms. The van der Waals surface area contributed by atoms with E-state index in [9.17, 15) is 9.59 Å². The van der Waals surface area contributed by atoms with Gasteiger partial charge in [0.15, 0.2) is 5.75 Å². The zero-order valence-electron chi connectivity index (χ0n) is 15.5. The van der Waals surface area contributed by atoms with Crippen molar-refractivity contribution in [3.8, 4) is 23.0 Å². The number of fused-ring (bicyclic) bond motifs is 1. The number of carbonyl (C=O) groups is 1. The Hall–Kier alpha value is -3.62. The number of imidazole rings is 1. The summed E-state index contributed by atoms with van der Waals surface area (Å²) in [5.41, 5.74) is 2.54. The van der Waals surface area contributed by atoms with Crippen LogP contribution in [0.4, 0.5) is 0 Å². The largest absolute Gasteiger partial charge is 0.491 e. The van der Waals surface area contributed by atoms with E-state index in [4.69, 9.17) is 9.47 Å². The van der Waals surface area contributed by atoms with Crippen LogP contribution >= 0.6 is 0 Å². The molecule has 9 heteroatoms. The van der Waals surface area contributed by atoms with E-state index in [1.54, 1.807) is 24.3 Å². The zero-order chi connectivity index (χ0) is 19.7. The molecular weight excluding hydrogens is 362 g/mol. The summed E-state index contributed by atoms with van der Waals surface area (Å²) >= 11 is 0. The Morgan fingerprint density at radius 1 is 1.25 bits per heavy atom. The van der Waals surface area contributed by atoms with Gasteiger partial charge in [-0.1, -0.05) is 0 Å². The van der Waals surface area contributed by atoms with Gasteiger partial charge >= 0.3 is 0 Å². The Morgan fingerprint density at radius 3 is 2.79 bits per heavy atom. The van der Waals surface area contributed by atoms with Crippen molar-refractivity contribution in [2.45, 2.75) is 13.0 Å². The molecule has 0 saturated carbocycles. The number of hydrogen-bond acceptors (Lipinski definition) is 6. The Kier molecular flexibility index (Phi) is 4.56. The molecule has 1 aliphatic heterocycles. The lowest BCUT2D eigenvalue weighted by molar-refractivity contribution is 0.0725. The third-order valence-corrected chi connectivity index (χ3v) is 4.67. The van der Waals surface area contributed by atoms with E-state index in [1.165, 1.54) is 19.4 Å². The van der Waals surface area contributed by atoms with Crippen molar-refractivity contribution in [2.75, 3.05) is 20.8 Å². The minimum atomic E-state index is -0.335. The van der Waals surface area contributed by atoms with Gasteiger partial charge in [0.2, 0.25) is 11.3 Å². The van der Waals surface area contributed by atoms with Crippen molar-refractivity contribution in [1.29, 1.82) is 0 Å². The van der Waals surface area contributed by atoms with Crippen LogP contribution in [-0.4, -0.2) is 51.5 Å². The number of nitrogens with one attached hydrogen (secondary N) is 2. The van der Waals surface area contributed by atoms with Crippen LogP contribution in [-0.2, 0) is 13.0 Å². The molecule has 2 N–H and O–H groups in total. The third-order valence-electron chi connectivity index (χ3n) is 4.67.